The molecule has 0 spiro atoms. The van der Waals surface area contributed by atoms with Gasteiger partial charge in [0.15, 0.2) is 23.2 Å². The molecule has 190 valence electrons. The van der Waals surface area contributed by atoms with Crippen molar-refractivity contribution in [3.8, 4) is 0 Å². The Morgan fingerprint density at radius 2 is 2.17 bits per heavy atom. The minimum absolute atomic E-state index is 0.126. The summed E-state index contributed by atoms with van der Waals surface area (Å²) in [4.78, 5) is 34.4. The molecule has 0 saturated carbocycles. The Labute approximate surface area is 205 Å². The maximum atomic E-state index is 12.8. The van der Waals surface area contributed by atoms with Gasteiger partial charge in [-0.05, 0) is 23.6 Å². The van der Waals surface area contributed by atoms with Gasteiger partial charge in [-0.1, -0.05) is 11.2 Å². The van der Waals surface area contributed by atoms with Gasteiger partial charge in [-0.2, -0.15) is 0 Å². The number of hydrogen-bond donors (Lipinski definition) is 4. The molecule has 15 heteroatoms. The number of nitrogens with one attached hydrogen (secondary N) is 1. The van der Waals surface area contributed by atoms with E-state index in [1.807, 2.05) is 14.1 Å². The number of rotatable bonds is 9. The predicted octanol–water partition coefficient (Wildman–Crippen LogP) is -0.597. The van der Waals surface area contributed by atoms with E-state index in [4.69, 9.17) is 16.0 Å². The largest absolute Gasteiger partial charge is 0.394 e. The number of aliphatic hydroxyl groups excluding tert-OH is 2. The fourth-order valence-electron chi connectivity index (χ4n) is 4.05. The van der Waals surface area contributed by atoms with E-state index in [9.17, 15) is 15.0 Å². The number of amides is 1. The number of nitrogens with zero attached hydrogens (tertiary/aromatic N) is 9. The van der Waals surface area contributed by atoms with Gasteiger partial charge in [0.1, 0.15) is 18.5 Å². The molecule has 1 saturated heterocycles. The SMILES string of the molecule is CN(C)c1ncnc2c1ncn2[C@@H]1O[C@H](CO)C(NC(=O)[C@@H](N)Cc2ccc(CN=[N+]=[N-])nc2)[C@@H]1O. The van der Waals surface area contributed by atoms with Crippen LogP contribution < -0.4 is 16.0 Å². The minimum atomic E-state index is -1.21. The Hall–Kier alpha value is -3.88. The number of aromatic nitrogens is 5. The molecule has 4 rings (SSSR count). The van der Waals surface area contributed by atoms with Crippen molar-refractivity contribution in [2.24, 2.45) is 10.8 Å². The van der Waals surface area contributed by atoms with E-state index in [1.165, 1.54) is 12.7 Å². The van der Waals surface area contributed by atoms with Crippen molar-refractivity contribution in [2.75, 3.05) is 25.6 Å². The van der Waals surface area contributed by atoms with Gasteiger partial charge in [-0.25, -0.2) is 15.0 Å². The molecule has 1 unspecified atom stereocenters. The van der Waals surface area contributed by atoms with Gasteiger partial charge in [0.05, 0.1) is 31.6 Å². The van der Waals surface area contributed by atoms with E-state index in [0.29, 0.717) is 28.2 Å². The lowest BCUT2D eigenvalue weighted by atomic mass is 10.0. The van der Waals surface area contributed by atoms with Crippen molar-refractivity contribution in [1.82, 2.24) is 29.8 Å². The van der Waals surface area contributed by atoms with Crippen LogP contribution in [0.4, 0.5) is 5.82 Å². The molecule has 1 aliphatic heterocycles. The first-order valence-corrected chi connectivity index (χ1v) is 11.1. The molecular formula is C21H27N11O4. The molecule has 4 heterocycles. The molecule has 36 heavy (non-hydrogen) atoms. The van der Waals surface area contributed by atoms with Crippen LogP contribution in [-0.4, -0.2) is 85.6 Å². The molecular weight excluding hydrogens is 470 g/mol. The Kier molecular flexibility index (Phi) is 7.57. The molecule has 0 bridgehead atoms. The van der Waals surface area contributed by atoms with Crippen molar-refractivity contribution in [3.63, 3.8) is 0 Å². The van der Waals surface area contributed by atoms with E-state index in [1.54, 1.807) is 27.8 Å². The molecule has 1 amide bonds. The summed E-state index contributed by atoms with van der Waals surface area (Å²) in [6.07, 6.45) is 1.56. The summed E-state index contributed by atoms with van der Waals surface area (Å²) in [5.74, 6) is 0.0775. The fraction of sp³-hybridized carbons (Fsp3) is 0.476. The number of azide groups is 1. The molecule has 5 N–H and O–H groups in total. The van der Waals surface area contributed by atoms with Gasteiger partial charge in [0, 0.05) is 30.9 Å². The molecule has 0 radical (unpaired) electrons. The summed E-state index contributed by atoms with van der Waals surface area (Å²) in [5.41, 5.74) is 16.8. The van der Waals surface area contributed by atoms with Crippen molar-refractivity contribution in [3.05, 3.63) is 52.7 Å². The molecule has 3 aromatic rings. The van der Waals surface area contributed by atoms with Crippen LogP contribution >= 0.6 is 0 Å². The summed E-state index contributed by atoms with van der Waals surface area (Å²) in [5, 5.41) is 27.1. The zero-order chi connectivity index (χ0) is 25.8. The van der Waals surface area contributed by atoms with Crippen LogP contribution in [0.1, 0.15) is 17.5 Å². The summed E-state index contributed by atoms with van der Waals surface area (Å²) >= 11 is 0. The third kappa shape index (κ3) is 5.05. The number of ether oxygens (including phenoxy) is 1. The van der Waals surface area contributed by atoms with Crippen LogP contribution in [0.15, 0.2) is 36.1 Å². The number of pyridine rings is 1. The summed E-state index contributed by atoms with van der Waals surface area (Å²) < 4.78 is 7.43. The average Bonchev–Trinajstić information content (AvgIpc) is 3.44. The topological polar surface area (TPSA) is 213 Å². The highest BCUT2D eigenvalue weighted by Crippen LogP contribution is 2.32. The highest BCUT2D eigenvalue weighted by molar-refractivity contribution is 5.83. The molecule has 0 aliphatic carbocycles. The van der Waals surface area contributed by atoms with Crippen molar-refractivity contribution >= 4 is 22.9 Å². The normalized spacial score (nSPS) is 22.2. The molecule has 5 atom stereocenters. The monoisotopic (exact) mass is 497 g/mol. The first-order chi connectivity index (χ1) is 17.3. The minimum Gasteiger partial charge on any atom is -0.394 e. The summed E-state index contributed by atoms with van der Waals surface area (Å²) in [7, 11) is 3.65. The maximum Gasteiger partial charge on any atom is 0.237 e. The van der Waals surface area contributed by atoms with E-state index < -0.39 is 43.0 Å². The highest BCUT2D eigenvalue weighted by atomic mass is 16.5. The first-order valence-electron chi connectivity index (χ1n) is 11.1. The Bertz CT molecular complexity index is 1260. The second-order valence-electron chi connectivity index (χ2n) is 8.55. The van der Waals surface area contributed by atoms with Crippen LogP contribution in [0.25, 0.3) is 21.6 Å². The zero-order valence-electron chi connectivity index (χ0n) is 19.7. The first kappa shape index (κ1) is 25.2. The van der Waals surface area contributed by atoms with E-state index in [2.05, 4.69) is 35.3 Å². The quantitative estimate of drug-likeness (QED) is 0.167. The smallest absolute Gasteiger partial charge is 0.237 e. The average molecular weight is 498 g/mol. The van der Waals surface area contributed by atoms with Crippen molar-refractivity contribution < 1.29 is 19.7 Å². The van der Waals surface area contributed by atoms with Gasteiger partial charge in [-0.3, -0.25) is 14.3 Å². The van der Waals surface area contributed by atoms with E-state index in [0.717, 1.165) is 0 Å². The van der Waals surface area contributed by atoms with E-state index in [-0.39, 0.29) is 13.0 Å². The number of fused-ring (bicyclic) bond motifs is 1. The van der Waals surface area contributed by atoms with Gasteiger partial charge >= 0.3 is 0 Å². The van der Waals surface area contributed by atoms with Gasteiger partial charge in [-0.15, -0.1) is 0 Å². The Morgan fingerprint density at radius 3 is 2.83 bits per heavy atom. The van der Waals surface area contributed by atoms with Crippen molar-refractivity contribution in [1.29, 1.82) is 0 Å². The van der Waals surface area contributed by atoms with Crippen LogP contribution in [-0.2, 0) is 22.5 Å². The second kappa shape index (κ2) is 10.8. The zero-order valence-corrected chi connectivity index (χ0v) is 19.7. The van der Waals surface area contributed by atoms with Crippen LogP contribution in [0.5, 0.6) is 0 Å². The molecule has 15 nitrogen and oxygen atoms in total. The number of carbonyl (C=O) groups excluding carboxylic acids is 1. The third-order valence-electron chi connectivity index (χ3n) is 5.88. The van der Waals surface area contributed by atoms with Crippen molar-refractivity contribution in [2.45, 2.75) is 43.5 Å². The number of anilines is 1. The van der Waals surface area contributed by atoms with Crippen LogP contribution in [0, 0.1) is 0 Å². The molecule has 1 fully saturated rings. The predicted molar refractivity (Wildman–Crippen MR) is 127 cm³/mol. The van der Waals surface area contributed by atoms with Gasteiger partial charge in [0.2, 0.25) is 5.91 Å². The lowest BCUT2D eigenvalue weighted by molar-refractivity contribution is -0.124. The highest BCUT2D eigenvalue weighted by Gasteiger charge is 2.46. The molecule has 1 aliphatic rings. The molecule has 0 aromatic carbocycles. The number of aliphatic hydroxyl groups is 2. The number of hydrogen-bond acceptors (Lipinski definition) is 11. The Morgan fingerprint density at radius 1 is 1.36 bits per heavy atom. The standard InChI is InChI=1S/C21H27N11O4/c1-31(2)18-16-19(26-9-25-18)32(10-27-16)21-17(34)15(14(8-33)36-21)29-20(35)13(22)5-11-3-4-12(24-6-11)7-28-30-23/h3-4,6,9-10,13-15,17,21,33-34H,5,7-8,22H2,1-2H3,(H,29,35)/t13-,14+,15?,17-,21+/m0/s1. The van der Waals surface area contributed by atoms with E-state index >= 15 is 0 Å². The van der Waals surface area contributed by atoms with Crippen LogP contribution in [0.2, 0.25) is 0 Å². The van der Waals surface area contributed by atoms with Crippen LogP contribution in [0.3, 0.4) is 0 Å². The number of imidazole rings is 1. The number of carbonyl (C=O) groups is 1. The second-order valence-corrected chi connectivity index (χ2v) is 8.55. The maximum absolute atomic E-state index is 12.8. The lowest BCUT2D eigenvalue weighted by Gasteiger charge is -2.23. The summed E-state index contributed by atoms with van der Waals surface area (Å²) in [6, 6.07) is 1.58. The number of nitrogens with two attached hydrogens (primary N) is 1. The fourth-order valence-corrected chi connectivity index (χ4v) is 4.05. The summed E-state index contributed by atoms with van der Waals surface area (Å²) in [6.45, 7) is -0.309. The third-order valence-corrected chi connectivity index (χ3v) is 5.88. The van der Waals surface area contributed by atoms with Gasteiger partial charge < -0.3 is 30.9 Å². The Balaban J connectivity index is 1.46. The lowest BCUT2D eigenvalue weighted by Crippen LogP contribution is -2.53. The van der Waals surface area contributed by atoms with Gasteiger partial charge in [0.25, 0.3) is 0 Å². The molecule has 3 aromatic heterocycles.